The van der Waals surface area contributed by atoms with Gasteiger partial charge >= 0.3 is 10.2 Å². The van der Waals surface area contributed by atoms with Crippen LogP contribution in [0.15, 0.2) is 52.9 Å². The van der Waals surface area contributed by atoms with E-state index in [1.54, 1.807) is 0 Å². The topological polar surface area (TPSA) is 110 Å². The number of rotatable bonds is 2. The molecular formula is C19H17N5O2S. The van der Waals surface area contributed by atoms with Crippen molar-refractivity contribution >= 4 is 21.9 Å². The molecule has 0 saturated carbocycles. The number of anilines is 1. The van der Waals surface area contributed by atoms with Crippen LogP contribution in [0.2, 0.25) is 0 Å². The van der Waals surface area contributed by atoms with Gasteiger partial charge in [-0.2, -0.15) is 8.42 Å². The lowest BCUT2D eigenvalue weighted by atomic mass is 10.0. The fourth-order valence-corrected chi connectivity index (χ4v) is 3.61. The van der Waals surface area contributed by atoms with E-state index in [0.717, 1.165) is 22.3 Å². The molecule has 2 aromatic carbocycles. The molecule has 0 amide bonds. The molecule has 27 heavy (non-hydrogen) atoms. The Morgan fingerprint density at radius 2 is 1.26 bits per heavy atom. The number of nitrogens with zero attached hydrogens (tertiary/aromatic N) is 3. The summed E-state index contributed by atoms with van der Waals surface area (Å²) in [5, 5.41) is 0. The number of hydrogen-bond acceptors (Lipinski definition) is 5. The molecule has 1 aliphatic heterocycles. The number of aromatic nitrogens is 2. The maximum atomic E-state index is 11.9. The second-order valence-corrected chi connectivity index (χ2v) is 7.74. The lowest BCUT2D eigenvalue weighted by molar-refractivity contribution is 0.602. The molecule has 4 rings (SSSR count). The van der Waals surface area contributed by atoms with Crippen LogP contribution in [0.3, 0.4) is 0 Å². The third-order valence-corrected chi connectivity index (χ3v) is 5.12. The van der Waals surface area contributed by atoms with Gasteiger partial charge in [0.15, 0.2) is 17.3 Å². The molecule has 1 aromatic heterocycles. The molecule has 0 aliphatic carbocycles. The predicted octanol–water partition coefficient (Wildman–Crippen LogP) is 2.80. The van der Waals surface area contributed by atoms with Crippen LogP contribution < -0.4 is 10.5 Å². The molecule has 0 spiro atoms. The highest BCUT2D eigenvalue weighted by Crippen LogP contribution is 2.33. The van der Waals surface area contributed by atoms with Crippen LogP contribution in [0.1, 0.15) is 16.8 Å². The molecule has 0 atom stereocenters. The van der Waals surface area contributed by atoms with Gasteiger partial charge < -0.3 is 5.73 Å². The average molecular weight is 379 g/mol. The van der Waals surface area contributed by atoms with Crippen LogP contribution in [0.5, 0.6) is 0 Å². The molecule has 0 saturated heterocycles. The summed E-state index contributed by atoms with van der Waals surface area (Å²) in [6, 6.07) is 15.7. The minimum absolute atomic E-state index is 0.0777. The number of benzene rings is 2. The molecular weight excluding hydrogens is 362 g/mol. The largest absolute Gasteiger partial charge is 0.381 e. The standard InChI is InChI=1S/C19H17N5O2S/c1-11-3-7-13(8-4-11)15-16(14-9-5-12(2)6-10-14)22-19-17(21-15)18(20)23-27(25,26)24-19/h3-10H,1-2H3,(H2,20,23)(H,22,24). The van der Waals surface area contributed by atoms with Crippen LogP contribution in [-0.2, 0) is 10.2 Å². The highest BCUT2D eigenvalue weighted by Gasteiger charge is 2.26. The Hall–Kier alpha value is -3.26. The summed E-state index contributed by atoms with van der Waals surface area (Å²) in [7, 11) is -3.92. The first-order valence-electron chi connectivity index (χ1n) is 8.27. The highest BCUT2D eigenvalue weighted by atomic mass is 32.2. The number of nitrogens with two attached hydrogens (primary N) is 1. The lowest BCUT2D eigenvalue weighted by Crippen LogP contribution is -2.28. The van der Waals surface area contributed by atoms with Crippen molar-refractivity contribution in [3.8, 4) is 22.5 Å². The van der Waals surface area contributed by atoms with E-state index in [1.165, 1.54) is 0 Å². The summed E-state index contributed by atoms with van der Waals surface area (Å²) >= 11 is 0. The summed E-state index contributed by atoms with van der Waals surface area (Å²) < 4.78 is 29.5. The van der Waals surface area contributed by atoms with Gasteiger partial charge in [0, 0.05) is 11.1 Å². The van der Waals surface area contributed by atoms with Crippen molar-refractivity contribution in [2.45, 2.75) is 13.8 Å². The molecule has 1 aliphatic rings. The zero-order valence-electron chi connectivity index (χ0n) is 14.8. The molecule has 0 fully saturated rings. The van der Waals surface area contributed by atoms with Crippen molar-refractivity contribution in [3.63, 3.8) is 0 Å². The summed E-state index contributed by atoms with van der Waals surface area (Å²) in [6.07, 6.45) is 0. The molecule has 136 valence electrons. The Morgan fingerprint density at radius 3 is 1.78 bits per heavy atom. The van der Waals surface area contributed by atoms with E-state index in [-0.39, 0.29) is 17.3 Å². The van der Waals surface area contributed by atoms with E-state index in [4.69, 9.17) is 5.73 Å². The van der Waals surface area contributed by atoms with Crippen LogP contribution in [0.25, 0.3) is 22.5 Å². The van der Waals surface area contributed by atoms with Crippen LogP contribution in [0, 0.1) is 13.8 Å². The van der Waals surface area contributed by atoms with E-state index < -0.39 is 10.2 Å². The fraction of sp³-hybridized carbons (Fsp3) is 0.105. The van der Waals surface area contributed by atoms with Crippen molar-refractivity contribution in [1.82, 2.24) is 9.97 Å². The first-order valence-corrected chi connectivity index (χ1v) is 9.71. The SMILES string of the molecule is Cc1ccc(-c2nc3c(nc2-c2ccc(C)cc2)C(N)=NS(=O)(=O)N3)cc1. The van der Waals surface area contributed by atoms with Crippen LogP contribution >= 0.6 is 0 Å². The zero-order valence-corrected chi connectivity index (χ0v) is 15.6. The summed E-state index contributed by atoms with van der Waals surface area (Å²) in [5.74, 6) is -0.103. The molecule has 0 bridgehead atoms. The van der Waals surface area contributed by atoms with Crippen LogP contribution in [0.4, 0.5) is 5.82 Å². The first kappa shape index (κ1) is 17.2. The second-order valence-electron chi connectivity index (χ2n) is 6.40. The van der Waals surface area contributed by atoms with Gasteiger partial charge in [0.1, 0.15) is 0 Å². The number of aryl methyl sites for hydroxylation is 2. The maximum absolute atomic E-state index is 11.9. The fourth-order valence-electron chi connectivity index (χ4n) is 2.83. The van der Waals surface area contributed by atoms with Crippen molar-refractivity contribution in [2.24, 2.45) is 10.1 Å². The molecule has 0 radical (unpaired) electrons. The van der Waals surface area contributed by atoms with Crippen molar-refractivity contribution < 1.29 is 8.42 Å². The van der Waals surface area contributed by atoms with Gasteiger partial charge in [0.25, 0.3) is 0 Å². The van der Waals surface area contributed by atoms with Gasteiger partial charge in [0.2, 0.25) is 0 Å². The van der Waals surface area contributed by atoms with Gasteiger partial charge in [-0.05, 0) is 13.8 Å². The van der Waals surface area contributed by atoms with E-state index in [1.807, 2.05) is 62.4 Å². The number of nitrogens with one attached hydrogen (secondary N) is 1. The minimum Gasteiger partial charge on any atom is -0.381 e. The molecule has 3 N–H and O–H groups in total. The highest BCUT2D eigenvalue weighted by molar-refractivity contribution is 7.91. The van der Waals surface area contributed by atoms with E-state index in [2.05, 4.69) is 19.1 Å². The Bertz CT molecular complexity index is 1170. The summed E-state index contributed by atoms with van der Waals surface area (Å²) in [5.41, 5.74) is 11.1. The van der Waals surface area contributed by atoms with E-state index in [0.29, 0.717) is 11.4 Å². The van der Waals surface area contributed by atoms with E-state index in [9.17, 15) is 8.42 Å². The smallest absolute Gasteiger partial charge is 0.345 e. The van der Waals surface area contributed by atoms with Gasteiger partial charge in [-0.3, -0.25) is 0 Å². The van der Waals surface area contributed by atoms with Crippen LogP contribution in [-0.4, -0.2) is 24.2 Å². The monoisotopic (exact) mass is 379 g/mol. The molecule has 0 unspecified atom stereocenters. The Balaban J connectivity index is 1.99. The molecule has 2 heterocycles. The van der Waals surface area contributed by atoms with Gasteiger partial charge in [-0.15, -0.1) is 4.40 Å². The predicted molar refractivity (Wildman–Crippen MR) is 106 cm³/mol. The Labute approximate surface area is 157 Å². The molecule has 8 heteroatoms. The number of fused-ring (bicyclic) bond motifs is 1. The van der Waals surface area contributed by atoms with Gasteiger partial charge in [-0.25, -0.2) is 14.7 Å². The number of hydrogen-bond donors (Lipinski definition) is 2. The maximum Gasteiger partial charge on any atom is 0.345 e. The zero-order chi connectivity index (χ0) is 19.2. The Morgan fingerprint density at radius 1 is 0.778 bits per heavy atom. The van der Waals surface area contributed by atoms with Crippen molar-refractivity contribution in [2.75, 3.05) is 4.72 Å². The summed E-state index contributed by atoms with van der Waals surface area (Å²) in [4.78, 5) is 9.16. The molecule has 3 aromatic rings. The number of amidine groups is 1. The van der Waals surface area contributed by atoms with Gasteiger partial charge in [0.05, 0.1) is 11.4 Å². The lowest BCUT2D eigenvalue weighted by Gasteiger charge is -2.18. The quantitative estimate of drug-likeness (QED) is 0.711. The first-order chi connectivity index (χ1) is 12.8. The minimum atomic E-state index is -3.92. The normalized spacial score (nSPS) is 14.8. The summed E-state index contributed by atoms with van der Waals surface area (Å²) in [6.45, 7) is 4.00. The van der Waals surface area contributed by atoms with E-state index >= 15 is 0 Å². The van der Waals surface area contributed by atoms with Crippen molar-refractivity contribution in [3.05, 3.63) is 65.4 Å². The van der Waals surface area contributed by atoms with Gasteiger partial charge in [-0.1, -0.05) is 59.7 Å². The Kier molecular flexibility index (Phi) is 3.92. The second kappa shape index (κ2) is 6.17. The molecule has 7 nitrogen and oxygen atoms in total. The third kappa shape index (κ3) is 3.26. The average Bonchev–Trinajstić information content (AvgIpc) is 2.61. The third-order valence-electron chi connectivity index (χ3n) is 4.23. The van der Waals surface area contributed by atoms with Crippen molar-refractivity contribution in [1.29, 1.82) is 0 Å².